The smallest absolute Gasteiger partial charge is 0.272 e. The number of carbonyl (C=O) groups excluding carboxylic acids is 1. The molecule has 0 saturated carbocycles. The molecule has 2 N–H and O–H groups in total. The number of thiocarbonyl (C=S) groups is 1. The maximum Gasteiger partial charge on any atom is 0.272 e. The number of carbonyl (C=O) groups is 1. The fourth-order valence-electron chi connectivity index (χ4n) is 3.29. The third kappa shape index (κ3) is 4.10. The minimum Gasteiger partial charge on any atom is -0.333 e. The summed E-state index contributed by atoms with van der Waals surface area (Å²) in [4.78, 5) is 19.5. The molecule has 0 aromatic heterocycles. The fourth-order valence-corrected chi connectivity index (χ4v) is 3.69. The lowest BCUT2D eigenvalue weighted by Crippen LogP contribution is -2.50. The van der Waals surface area contributed by atoms with Crippen LogP contribution in [0.2, 0.25) is 5.02 Å². The zero-order chi connectivity index (χ0) is 21.3. The van der Waals surface area contributed by atoms with E-state index in [1.807, 2.05) is 49.4 Å². The molecule has 152 valence electrons. The number of nitrogens with one attached hydrogen (secondary N) is 2. The van der Waals surface area contributed by atoms with Crippen molar-refractivity contribution >= 4 is 57.8 Å². The van der Waals surface area contributed by atoms with Crippen LogP contribution in [0.5, 0.6) is 0 Å². The Labute approximate surface area is 184 Å². The van der Waals surface area contributed by atoms with Crippen LogP contribution in [0.25, 0.3) is 0 Å². The number of rotatable bonds is 2. The lowest BCUT2D eigenvalue weighted by atomic mass is 10.0. The minimum absolute atomic E-state index is 0.241. The van der Waals surface area contributed by atoms with Gasteiger partial charge in [-0.3, -0.25) is 4.79 Å². The normalized spacial score (nSPS) is 18.1. The Hall–Kier alpha value is -3.10. The van der Waals surface area contributed by atoms with E-state index in [1.54, 1.807) is 18.0 Å². The average molecular weight is 439 g/mol. The van der Waals surface area contributed by atoms with Crippen molar-refractivity contribution in [2.24, 2.45) is 15.2 Å². The summed E-state index contributed by atoms with van der Waals surface area (Å²) in [5.74, 6) is 0.385. The molecule has 0 saturated heterocycles. The number of nitrogens with zero attached hydrogens (tertiary/aromatic N) is 4. The lowest BCUT2D eigenvalue weighted by molar-refractivity contribution is -0.119. The first kappa shape index (κ1) is 20.2. The first-order chi connectivity index (χ1) is 14.4. The van der Waals surface area contributed by atoms with E-state index in [0.29, 0.717) is 23.0 Å². The molecule has 30 heavy (non-hydrogen) atoms. The van der Waals surface area contributed by atoms with Gasteiger partial charge in [0.05, 0.1) is 11.4 Å². The number of hydrogen-bond acceptors (Lipinski definition) is 5. The van der Waals surface area contributed by atoms with Crippen molar-refractivity contribution in [1.82, 2.24) is 10.6 Å². The number of benzodiazepines with no additional fused rings is 1. The van der Waals surface area contributed by atoms with Gasteiger partial charge in [-0.1, -0.05) is 41.9 Å². The summed E-state index contributed by atoms with van der Waals surface area (Å²) in [7, 11) is 1.71. The van der Waals surface area contributed by atoms with E-state index in [0.717, 1.165) is 22.5 Å². The molecule has 0 aliphatic carbocycles. The van der Waals surface area contributed by atoms with Crippen LogP contribution >= 0.6 is 23.8 Å². The van der Waals surface area contributed by atoms with Gasteiger partial charge in [0.25, 0.3) is 5.91 Å². The number of benzene rings is 2. The number of aliphatic imine (C=N–C) groups is 1. The second-order valence-electron chi connectivity index (χ2n) is 6.96. The number of hydrogen-bond donors (Lipinski definition) is 2. The molecule has 0 bridgehead atoms. The number of amidine groups is 1. The molecule has 0 spiro atoms. The van der Waals surface area contributed by atoms with Crippen LogP contribution < -0.4 is 15.5 Å². The molecule has 7 nitrogen and oxygen atoms in total. The number of anilines is 1. The summed E-state index contributed by atoms with van der Waals surface area (Å²) < 4.78 is 0. The summed E-state index contributed by atoms with van der Waals surface area (Å²) in [6, 6.07) is 15.1. The van der Waals surface area contributed by atoms with Gasteiger partial charge in [-0.2, -0.15) is 5.10 Å². The van der Waals surface area contributed by atoms with Crippen molar-refractivity contribution in [3.05, 3.63) is 64.7 Å². The Morgan fingerprint density at radius 1 is 1.20 bits per heavy atom. The third-order valence-electron chi connectivity index (χ3n) is 4.74. The summed E-state index contributed by atoms with van der Waals surface area (Å²) in [5.41, 5.74) is 3.92. The predicted octanol–water partition coefficient (Wildman–Crippen LogP) is 3.12. The number of amides is 1. The van der Waals surface area contributed by atoms with Gasteiger partial charge in [0.15, 0.2) is 5.11 Å². The van der Waals surface area contributed by atoms with Gasteiger partial charge in [0.1, 0.15) is 5.84 Å². The molecule has 9 heteroatoms. The monoisotopic (exact) mass is 438 g/mol. The first-order valence-electron chi connectivity index (χ1n) is 9.30. The Morgan fingerprint density at radius 2 is 1.97 bits per heavy atom. The molecule has 2 aromatic rings. The van der Waals surface area contributed by atoms with Gasteiger partial charge in [-0.25, -0.2) is 4.99 Å². The molecule has 2 aromatic carbocycles. The highest BCUT2D eigenvalue weighted by Gasteiger charge is 2.30. The van der Waals surface area contributed by atoms with Crippen LogP contribution in [0.3, 0.4) is 0 Å². The molecule has 2 aliphatic rings. The zero-order valence-corrected chi connectivity index (χ0v) is 18.0. The van der Waals surface area contributed by atoms with E-state index >= 15 is 0 Å². The first-order valence-corrected chi connectivity index (χ1v) is 10.1. The molecule has 1 atom stereocenters. The molecule has 4 rings (SSSR count). The Kier molecular flexibility index (Phi) is 5.61. The molecule has 2 aliphatic heterocycles. The van der Waals surface area contributed by atoms with E-state index in [1.165, 1.54) is 0 Å². The van der Waals surface area contributed by atoms with E-state index in [9.17, 15) is 4.79 Å². The second kappa shape index (κ2) is 8.33. The van der Waals surface area contributed by atoms with Gasteiger partial charge in [0.2, 0.25) is 6.17 Å². The quantitative estimate of drug-likeness (QED) is 0.706. The van der Waals surface area contributed by atoms with Crippen molar-refractivity contribution < 1.29 is 4.79 Å². The van der Waals surface area contributed by atoms with Crippen LogP contribution in [0.15, 0.2) is 63.7 Å². The van der Waals surface area contributed by atoms with E-state index in [-0.39, 0.29) is 11.0 Å². The summed E-state index contributed by atoms with van der Waals surface area (Å²) in [6.07, 6.45) is -0.330. The second-order valence-corrected chi connectivity index (χ2v) is 7.81. The van der Waals surface area contributed by atoms with Gasteiger partial charge in [-0.15, -0.1) is 5.10 Å². The highest BCUT2D eigenvalue weighted by Crippen LogP contribution is 2.29. The van der Waals surface area contributed by atoms with Crippen molar-refractivity contribution in [2.75, 3.05) is 11.9 Å². The Morgan fingerprint density at radius 3 is 2.67 bits per heavy atom. The maximum atomic E-state index is 13.2. The van der Waals surface area contributed by atoms with Crippen LogP contribution in [0, 0.1) is 0 Å². The Bertz CT molecular complexity index is 1110. The summed E-state index contributed by atoms with van der Waals surface area (Å²) in [6.45, 7) is 1.89. The van der Waals surface area contributed by atoms with Gasteiger partial charge >= 0.3 is 0 Å². The summed E-state index contributed by atoms with van der Waals surface area (Å²) in [5, 5.41) is 14.8. The van der Waals surface area contributed by atoms with Crippen molar-refractivity contribution in [3.63, 3.8) is 0 Å². The standard InChI is InChI=1S/C21H19ClN6OS/c1-12-10-17(27-26-12)23-21(30)25-19-20(29)28(2)16-9-8-14(22)11-15(16)18(24-19)13-6-4-3-5-7-13/h3-9,11,19H,10H2,1-2H3,(H2,23,25,27,30). The lowest BCUT2D eigenvalue weighted by Gasteiger charge is -2.22. The van der Waals surface area contributed by atoms with Crippen molar-refractivity contribution in [3.8, 4) is 0 Å². The van der Waals surface area contributed by atoms with Crippen LogP contribution in [0.4, 0.5) is 5.69 Å². The molecule has 1 unspecified atom stereocenters. The number of fused-ring (bicyclic) bond motifs is 1. The molecular weight excluding hydrogens is 420 g/mol. The predicted molar refractivity (Wildman–Crippen MR) is 125 cm³/mol. The maximum absolute atomic E-state index is 13.2. The SMILES string of the molecule is CC1=NN=C(NC(=S)NC2N=C(c3ccccc3)c3cc(Cl)ccc3N(C)C2=O)C1. The molecule has 0 fully saturated rings. The average Bonchev–Trinajstić information content (AvgIpc) is 3.11. The molecule has 0 radical (unpaired) electrons. The molecule has 2 heterocycles. The van der Waals surface area contributed by atoms with Crippen LogP contribution in [-0.2, 0) is 4.79 Å². The van der Waals surface area contributed by atoms with Crippen molar-refractivity contribution in [1.29, 1.82) is 0 Å². The fraction of sp³-hybridized carbons (Fsp3) is 0.190. The highest BCUT2D eigenvalue weighted by molar-refractivity contribution is 7.80. The van der Waals surface area contributed by atoms with E-state index in [4.69, 9.17) is 28.8 Å². The topological polar surface area (TPSA) is 81.4 Å². The highest BCUT2D eigenvalue weighted by atomic mass is 35.5. The molecule has 1 amide bonds. The van der Waals surface area contributed by atoms with Gasteiger partial charge in [0, 0.05) is 35.3 Å². The zero-order valence-electron chi connectivity index (χ0n) is 16.4. The van der Waals surface area contributed by atoms with Gasteiger partial charge < -0.3 is 15.5 Å². The van der Waals surface area contributed by atoms with Crippen molar-refractivity contribution in [2.45, 2.75) is 19.5 Å². The summed E-state index contributed by atoms with van der Waals surface area (Å²) >= 11 is 11.7. The van der Waals surface area contributed by atoms with Crippen LogP contribution in [0.1, 0.15) is 24.5 Å². The Balaban J connectivity index is 1.70. The van der Waals surface area contributed by atoms with E-state index < -0.39 is 6.17 Å². The number of likely N-dealkylation sites (N-methyl/N-ethyl adjacent to an activating group) is 1. The number of halogens is 1. The minimum atomic E-state index is -0.916. The van der Waals surface area contributed by atoms with E-state index in [2.05, 4.69) is 20.8 Å². The van der Waals surface area contributed by atoms with Gasteiger partial charge in [-0.05, 0) is 37.3 Å². The molecular formula is C21H19ClN6OS. The largest absolute Gasteiger partial charge is 0.333 e. The van der Waals surface area contributed by atoms with Crippen LogP contribution in [-0.4, -0.2) is 41.5 Å². The third-order valence-corrected chi connectivity index (χ3v) is 5.19.